The Kier molecular flexibility index (Phi) is 2.10. The van der Waals surface area contributed by atoms with Gasteiger partial charge in [0.1, 0.15) is 0 Å². The van der Waals surface area contributed by atoms with Gasteiger partial charge in [-0.2, -0.15) is 14.1 Å². The second-order valence-electron chi connectivity index (χ2n) is 4.14. The van der Waals surface area contributed by atoms with Crippen LogP contribution < -0.4 is 9.80 Å². The van der Waals surface area contributed by atoms with Crippen LogP contribution in [0.2, 0.25) is 0 Å². The molecule has 0 radical (unpaired) electrons. The monoisotopic (exact) mass is 170 g/mol. The summed E-state index contributed by atoms with van der Waals surface area (Å²) in [4.78, 5) is 2.71. The highest BCUT2D eigenvalue weighted by molar-refractivity contribution is 4.84. The molecule has 2 fully saturated rings. The van der Waals surface area contributed by atoms with Gasteiger partial charge in [0.25, 0.3) is 0 Å². The van der Waals surface area contributed by atoms with Gasteiger partial charge in [-0.3, -0.25) is 0 Å². The lowest BCUT2D eigenvalue weighted by Crippen LogP contribution is -3.13. The smallest absolute Gasteiger partial charge is 0.166 e. The molecule has 3 nitrogen and oxygen atoms in total. The average Bonchev–Trinajstić information content (AvgIpc) is 2.32. The molecule has 0 aromatic heterocycles. The molecule has 2 aliphatic heterocycles. The Morgan fingerprint density at radius 1 is 1.08 bits per heavy atom. The summed E-state index contributed by atoms with van der Waals surface area (Å²) in [5, 5.41) is 0. The number of ether oxygens (including phenoxy) is 1. The first-order valence-corrected chi connectivity index (χ1v) is 4.67. The van der Waals surface area contributed by atoms with Crippen molar-refractivity contribution in [3.63, 3.8) is 0 Å². The summed E-state index contributed by atoms with van der Waals surface area (Å²) < 4.78 is 5.85. The Labute approximate surface area is 74.3 Å². The van der Waals surface area contributed by atoms with Crippen LogP contribution in [-0.4, -0.2) is 38.4 Å². The predicted octanol–water partition coefficient (Wildman–Crippen LogP) is -2.49. The quantitative estimate of drug-likeness (QED) is 0.385. The molecule has 0 aliphatic carbocycles. The zero-order valence-electron chi connectivity index (χ0n) is 7.57. The molecule has 2 saturated heterocycles. The second-order valence-corrected chi connectivity index (χ2v) is 4.14. The fourth-order valence-corrected chi connectivity index (χ4v) is 2.32. The summed E-state index contributed by atoms with van der Waals surface area (Å²) in [6.45, 7) is 5.19. The number of hydrogen-bond acceptors (Lipinski definition) is 1. The molecule has 1 spiro atoms. The molecule has 0 amide bonds. The van der Waals surface area contributed by atoms with Gasteiger partial charge in [-0.25, -0.2) is 0 Å². The Morgan fingerprint density at radius 3 is 2.25 bits per heavy atom. The number of rotatable bonds is 0. The molecule has 3 atom stereocenters. The van der Waals surface area contributed by atoms with E-state index in [0.29, 0.717) is 0 Å². The van der Waals surface area contributed by atoms with Gasteiger partial charge in [0.15, 0.2) is 5.60 Å². The molecular formula is C9H18N2O. The number of morpholine rings is 1. The van der Waals surface area contributed by atoms with Crippen molar-refractivity contribution in [2.75, 3.05) is 32.8 Å². The van der Waals surface area contributed by atoms with Gasteiger partial charge < -0.3 is 14.5 Å². The lowest BCUT2D eigenvalue weighted by Gasteiger charge is -2.38. The maximum absolute atomic E-state index is 5.85. The van der Waals surface area contributed by atoms with Crippen LogP contribution in [0.1, 0.15) is 6.42 Å². The van der Waals surface area contributed by atoms with Crippen molar-refractivity contribution in [1.82, 2.24) is 0 Å². The second kappa shape index (κ2) is 2.98. The first-order valence-electron chi connectivity index (χ1n) is 4.67. The molecule has 12 heavy (non-hydrogen) atoms. The number of hydrogen-bond donors (Lipinski definition) is 2. The largest absolute Gasteiger partial charge is 0.465 e. The van der Waals surface area contributed by atoms with E-state index in [0.717, 1.165) is 39.2 Å². The van der Waals surface area contributed by atoms with E-state index < -0.39 is 0 Å². The summed E-state index contributed by atoms with van der Waals surface area (Å²) in [7, 11) is 8.07. The van der Waals surface area contributed by atoms with E-state index in [1.807, 2.05) is 0 Å². The van der Waals surface area contributed by atoms with Crippen molar-refractivity contribution in [2.24, 2.45) is 0 Å². The molecule has 2 aliphatic rings. The van der Waals surface area contributed by atoms with E-state index in [2.05, 4.69) is 14.1 Å². The fraction of sp³-hybridized carbons (Fsp3) is 0.778. The maximum atomic E-state index is 5.85. The normalized spacial score (nSPS) is 48.5. The first kappa shape index (κ1) is 8.48. The molecule has 3 unspecified atom stereocenters. The van der Waals surface area contributed by atoms with E-state index >= 15 is 0 Å². The maximum Gasteiger partial charge on any atom is 0.166 e. The molecule has 0 aromatic rings. The van der Waals surface area contributed by atoms with Crippen LogP contribution in [-0.2, 0) is 4.74 Å². The van der Waals surface area contributed by atoms with Crippen molar-refractivity contribution in [3.8, 4) is 0 Å². The van der Waals surface area contributed by atoms with Crippen molar-refractivity contribution < 1.29 is 14.5 Å². The minimum atomic E-state index is 0.117. The van der Waals surface area contributed by atoms with Crippen LogP contribution in [0, 0.1) is 14.1 Å². The molecule has 0 bridgehead atoms. The zero-order chi connectivity index (χ0) is 8.60. The van der Waals surface area contributed by atoms with E-state index in [-0.39, 0.29) is 5.60 Å². The van der Waals surface area contributed by atoms with Crippen molar-refractivity contribution in [3.05, 3.63) is 14.1 Å². The molecule has 0 saturated carbocycles. The Morgan fingerprint density at radius 2 is 1.75 bits per heavy atom. The van der Waals surface area contributed by atoms with Crippen LogP contribution >= 0.6 is 0 Å². The standard InChI is InChI=1S/C9H18N2O/c1-10-4-3-9(7-10)8-11(2)5-6-12-9/h10-11H,1-8H2. The lowest BCUT2D eigenvalue weighted by molar-refractivity contribution is -0.883. The Bertz CT molecular complexity index is 170. The summed E-state index contributed by atoms with van der Waals surface area (Å²) in [6.07, 6.45) is 1.16. The summed E-state index contributed by atoms with van der Waals surface area (Å²) in [6, 6.07) is 0. The van der Waals surface area contributed by atoms with Gasteiger partial charge >= 0.3 is 0 Å². The Hall–Kier alpha value is -0.120. The van der Waals surface area contributed by atoms with Gasteiger partial charge in [-0.1, -0.05) is 0 Å². The molecule has 3 heteroatoms. The third kappa shape index (κ3) is 1.49. The minimum absolute atomic E-state index is 0.117. The van der Waals surface area contributed by atoms with Gasteiger partial charge in [0.2, 0.25) is 0 Å². The van der Waals surface area contributed by atoms with Crippen molar-refractivity contribution in [2.45, 2.75) is 12.0 Å². The first-order chi connectivity index (χ1) is 5.70. The van der Waals surface area contributed by atoms with E-state index in [4.69, 9.17) is 4.74 Å². The molecule has 2 N–H and O–H groups in total. The van der Waals surface area contributed by atoms with Gasteiger partial charge in [0, 0.05) is 6.42 Å². The molecule has 0 aromatic carbocycles. The van der Waals surface area contributed by atoms with Gasteiger partial charge in [-0.15, -0.1) is 0 Å². The number of quaternary nitrogens is 2. The third-order valence-corrected chi connectivity index (χ3v) is 2.94. The summed E-state index contributed by atoms with van der Waals surface area (Å²) >= 11 is 0. The summed E-state index contributed by atoms with van der Waals surface area (Å²) in [5.74, 6) is 0. The summed E-state index contributed by atoms with van der Waals surface area (Å²) in [5.41, 5.74) is 0.117. The molecule has 2 heterocycles. The van der Waals surface area contributed by atoms with Crippen LogP contribution in [0.4, 0.5) is 0 Å². The van der Waals surface area contributed by atoms with Crippen LogP contribution in [0.3, 0.4) is 0 Å². The van der Waals surface area contributed by atoms with E-state index in [1.54, 1.807) is 0 Å². The van der Waals surface area contributed by atoms with E-state index in [1.165, 1.54) is 9.80 Å². The van der Waals surface area contributed by atoms with E-state index in [9.17, 15) is 0 Å². The Balaban J connectivity index is 2.00. The van der Waals surface area contributed by atoms with Gasteiger partial charge in [0.05, 0.1) is 32.8 Å². The fourth-order valence-electron chi connectivity index (χ4n) is 2.32. The predicted molar refractivity (Wildman–Crippen MR) is 45.4 cm³/mol. The van der Waals surface area contributed by atoms with Gasteiger partial charge in [-0.05, 0) is 0 Å². The topological polar surface area (TPSA) is 18.1 Å². The van der Waals surface area contributed by atoms with Crippen molar-refractivity contribution in [1.29, 1.82) is 0 Å². The van der Waals surface area contributed by atoms with Crippen molar-refractivity contribution >= 4 is 0 Å². The van der Waals surface area contributed by atoms with Crippen LogP contribution in [0.15, 0.2) is 0 Å². The highest BCUT2D eigenvalue weighted by Crippen LogP contribution is 2.16. The third-order valence-electron chi connectivity index (χ3n) is 2.94. The molecule has 70 valence electrons. The molecule has 2 rings (SSSR count). The zero-order valence-corrected chi connectivity index (χ0v) is 7.57. The average molecular weight is 170 g/mol. The minimum Gasteiger partial charge on any atom is -0.465 e. The van der Waals surface area contributed by atoms with Crippen LogP contribution in [0.25, 0.3) is 0 Å². The number of nitrogens with one attached hydrogen (secondary N) is 2. The SMILES string of the molecule is [CH2-][NH+]1CCOC2(CC[NH+]([CH2-])C2)C1. The van der Waals surface area contributed by atoms with Crippen LogP contribution in [0.5, 0.6) is 0 Å². The highest BCUT2D eigenvalue weighted by Gasteiger charge is 2.43. The lowest BCUT2D eigenvalue weighted by atomic mass is 10.0. The molecular weight excluding hydrogens is 152 g/mol. The number of likely N-dealkylation sites (tertiary alicyclic amines) is 1. The highest BCUT2D eigenvalue weighted by atomic mass is 16.5.